The lowest BCUT2D eigenvalue weighted by molar-refractivity contribution is -0.133. The smallest absolute Gasteiger partial charge is 0.268 e. The van der Waals surface area contributed by atoms with Crippen LogP contribution < -0.4 is 15.7 Å². The number of hydrogen-bond donors (Lipinski definition) is 4. The van der Waals surface area contributed by atoms with Crippen LogP contribution in [-0.4, -0.2) is 65.6 Å². The number of aromatic nitrogens is 1. The Labute approximate surface area is 168 Å². The molecule has 9 heteroatoms. The summed E-state index contributed by atoms with van der Waals surface area (Å²) < 4.78 is 5.35. The molecule has 9 nitrogen and oxygen atoms in total. The fourth-order valence-corrected chi connectivity index (χ4v) is 3.05. The lowest BCUT2D eigenvalue weighted by atomic mass is 10.0. The van der Waals surface area contributed by atoms with Gasteiger partial charge in [-0.05, 0) is 36.8 Å². The Bertz CT molecular complexity index is 833. The summed E-state index contributed by atoms with van der Waals surface area (Å²) in [6.45, 7) is 4.37. The van der Waals surface area contributed by atoms with E-state index in [2.05, 4.69) is 15.2 Å². The molecule has 2 amide bonds. The van der Waals surface area contributed by atoms with Crippen molar-refractivity contribution in [1.29, 1.82) is 0 Å². The molecule has 154 valence electrons. The molecule has 1 aromatic carbocycles. The summed E-state index contributed by atoms with van der Waals surface area (Å²) in [6, 6.07) is 9.48. The van der Waals surface area contributed by atoms with Crippen molar-refractivity contribution in [3.05, 3.63) is 48.2 Å². The first-order chi connectivity index (χ1) is 14.0. The summed E-state index contributed by atoms with van der Waals surface area (Å²) >= 11 is 0. The number of pyridine rings is 1. The van der Waals surface area contributed by atoms with Crippen LogP contribution in [0.1, 0.15) is 17.3 Å². The van der Waals surface area contributed by atoms with Crippen LogP contribution in [0.3, 0.4) is 0 Å². The number of carbonyl (C=O) groups excluding carboxylic acids is 2. The van der Waals surface area contributed by atoms with Gasteiger partial charge in [0.15, 0.2) is 0 Å². The lowest BCUT2D eigenvalue weighted by Gasteiger charge is -2.27. The molecule has 0 radical (unpaired) electrons. The number of ether oxygens (including phenoxy) is 1. The Morgan fingerprint density at radius 1 is 1.10 bits per heavy atom. The van der Waals surface area contributed by atoms with Crippen LogP contribution in [0, 0.1) is 0 Å². The number of aliphatic hydroxyl groups excluding tert-OH is 1. The van der Waals surface area contributed by atoms with Gasteiger partial charge in [0.1, 0.15) is 11.9 Å². The van der Waals surface area contributed by atoms with Gasteiger partial charge >= 0.3 is 0 Å². The zero-order chi connectivity index (χ0) is 20.8. The number of hydrogen-bond acceptors (Lipinski definition) is 7. The molecule has 1 aliphatic rings. The van der Waals surface area contributed by atoms with Crippen LogP contribution in [0.5, 0.6) is 0 Å². The third kappa shape index (κ3) is 5.08. The topological polar surface area (TPSA) is 124 Å². The van der Waals surface area contributed by atoms with Crippen LogP contribution in [-0.2, 0) is 9.53 Å². The monoisotopic (exact) mass is 400 g/mol. The van der Waals surface area contributed by atoms with Crippen molar-refractivity contribution < 1.29 is 24.6 Å². The molecule has 29 heavy (non-hydrogen) atoms. The Hall–Kier alpha value is -3.01. The predicted molar refractivity (Wildman–Crippen MR) is 106 cm³/mol. The Morgan fingerprint density at radius 2 is 1.76 bits per heavy atom. The second-order valence-corrected chi connectivity index (χ2v) is 6.75. The minimum Gasteiger partial charge on any atom is -0.391 e. The van der Waals surface area contributed by atoms with E-state index in [4.69, 9.17) is 9.94 Å². The fourth-order valence-electron chi connectivity index (χ4n) is 3.05. The van der Waals surface area contributed by atoms with Gasteiger partial charge in [0.05, 0.1) is 19.3 Å². The molecule has 0 saturated carbocycles. The van der Waals surface area contributed by atoms with Crippen molar-refractivity contribution in [2.75, 3.05) is 31.2 Å². The fraction of sp³-hybridized carbons (Fsp3) is 0.350. The van der Waals surface area contributed by atoms with Crippen molar-refractivity contribution in [3.8, 4) is 11.1 Å². The predicted octanol–water partition coefficient (Wildman–Crippen LogP) is 0.570. The minimum atomic E-state index is -1.26. The quantitative estimate of drug-likeness (QED) is 0.413. The second-order valence-electron chi connectivity index (χ2n) is 6.75. The van der Waals surface area contributed by atoms with Crippen molar-refractivity contribution >= 4 is 17.6 Å². The molecule has 1 fully saturated rings. The van der Waals surface area contributed by atoms with E-state index in [-0.39, 0.29) is 0 Å². The van der Waals surface area contributed by atoms with Crippen LogP contribution in [0.2, 0.25) is 0 Å². The first kappa shape index (κ1) is 20.7. The van der Waals surface area contributed by atoms with Crippen LogP contribution >= 0.6 is 0 Å². The molecule has 4 N–H and O–H groups in total. The Kier molecular flexibility index (Phi) is 6.76. The molecule has 0 spiro atoms. The Balaban J connectivity index is 1.67. The van der Waals surface area contributed by atoms with Crippen molar-refractivity contribution in [1.82, 2.24) is 15.8 Å². The van der Waals surface area contributed by atoms with E-state index < -0.39 is 24.0 Å². The van der Waals surface area contributed by atoms with Gasteiger partial charge in [0, 0.05) is 30.4 Å². The highest BCUT2D eigenvalue weighted by Crippen LogP contribution is 2.22. The van der Waals surface area contributed by atoms with E-state index in [0.717, 1.165) is 30.0 Å². The molecule has 2 heterocycles. The van der Waals surface area contributed by atoms with Crippen LogP contribution in [0.15, 0.2) is 42.6 Å². The minimum absolute atomic E-state index is 0.322. The highest BCUT2D eigenvalue weighted by molar-refractivity contribution is 5.97. The molecular formula is C20H24N4O5. The van der Waals surface area contributed by atoms with Gasteiger partial charge in [-0.1, -0.05) is 12.1 Å². The summed E-state index contributed by atoms with van der Waals surface area (Å²) in [5.41, 5.74) is 3.56. The molecule has 1 saturated heterocycles. The number of benzene rings is 1. The standard InChI is InChI=1S/C20H24N4O5/c1-13(25)18(20(27)23-28)22-19(26)15-4-2-14(3-5-15)16-6-7-17(21-12-16)24-8-10-29-11-9-24/h2-7,12-13,18,25,28H,8-11H2,1H3,(H,22,26)(H,23,27). The summed E-state index contributed by atoms with van der Waals surface area (Å²) in [7, 11) is 0. The van der Waals surface area contributed by atoms with E-state index in [9.17, 15) is 14.7 Å². The number of hydroxylamine groups is 1. The third-order valence-corrected chi connectivity index (χ3v) is 4.73. The van der Waals surface area contributed by atoms with Crippen LogP contribution in [0.25, 0.3) is 11.1 Å². The highest BCUT2D eigenvalue weighted by atomic mass is 16.5. The summed E-state index contributed by atoms with van der Waals surface area (Å²) in [5, 5.41) is 20.7. The molecule has 1 aliphatic heterocycles. The maximum Gasteiger partial charge on any atom is 0.268 e. The number of carbonyl (C=O) groups is 2. The largest absolute Gasteiger partial charge is 0.391 e. The van der Waals surface area contributed by atoms with Gasteiger partial charge in [-0.2, -0.15) is 0 Å². The molecule has 3 rings (SSSR count). The van der Waals surface area contributed by atoms with Gasteiger partial charge in [0.2, 0.25) is 0 Å². The molecule has 2 atom stereocenters. The van der Waals surface area contributed by atoms with Gasteiger partial charge in [0.25, 0.3) is 11.8 Å². The number of nitrogens with one attached hydrogen (secondary N) is 2. The second kappa shape index (κ2) is 9.46. The number of amides is 2. The van der Waals surface area contributed by atoms with Crippen molar-refractivity contribution in [3.63, 3.8) is 0 Å². The van der Waals surface area contributed by atoms with Gasteiger partial charge in [-0.3, -0.25) is 14.8 Å². The van der Waals surface area contributed by atoms with E-state index in [1.165, 1.54) is 12.4 Å². The SMILES string of the molecule is CC(O)C(NC(=O)c1ccc(-c2ccc(N3CCOCC3)nc2)cc1)C(=O)NO. The lowest BCUT2D eigenvalue weighted by Crippen LogP contribution is -2.51. The van der Waals surface area contributed by atoms with Crippen molar-refractivity contribution in [2.24, 2.45) is 0 Å². The number of morpholine rings is 1. The normalized spacial score (nSPS) is 16.0. The van der Waals surface area contributed by atoms with Gasteiger partial charge in [-0.25, -0.2) is 10.5 Å². The van der Waals surface area contributed by atoms with Gasteiger partial charge in [-0.15, -0.1) is 0 Å². The first-order valence-corrected chi connectivity index (χ1v) is 9.31. The zero-order valence-electron chi connectivity index (χ0n) is 16.0. The highest BCUT2D eigenvalue weighted by Gasteiger charge is 2.25. The van der Waals surface area contributed by atoms with E-state index in [0.29, 0.717) is 18.8 Å². The summed E-state index contributed by atoms with van der Waals surface area (Å²) in [5.74, 6) is -0.525. The van der Waals surface area contributed by atoms with Crippen LogP contribution in [0.4, 0.5) is 5.82 Å². The Morgan fingerprint density at radius 3 is 2.31 bits per heavy atom. The summed E-state index contributed by atoms with van der Waals surface area (Å²) in [6.07, 6.45) is 0.621. The zero-order valence-corrected chi connectivity index (χ0v) is 16.0. The maximum absolute atomic E-state index is 12.3. The van der Waals surface area contributed by atoms with Crippen molar-refractivity contribution in [2.45, 2.75) is 19.1 Å². The molecule has 1 aromatic heterocycles. The number of rotatable bonds is 6. The number of anilines is 1. The number of aliphatic hydroxyl groups is 1. The summed E-state index contributed by atoms with van der Waals surface area (Å²) in [4.78, 5) is 30.6. The molecular weight excluding hydrogens is 376 g/mol. The molecule has 0 aliphatic carbocycles. The maximum atomic E-state index is 12.3. The third-order valence-electron chi connectivity index (χ3n) is 4.73. The first-order valence-electron chi connectivity index (χ1n) is 9.31. The molecule has 2 unspecified atom stereocenters. The van der Waals surface area contributed by atoms with E-state index in [1.54, 1.807) is 30.5 Å². The molecule has 2 aromatic rings. The molecule has 0 bridgehead atoms. The van der Waals surface area contributed by atoms with E-state index >= 15 is 0 Å². The average Bonchev–Trinajstić information content (AvgIpc) is 2.77. The average molecular weight is 400 g/mol. The van der Waals surface area contributed by atoms with Gasteiger partial charge < -0.3 is 20.1 Å². The number of nitrogens with zero attached hydrogens (tertiary/aromatic N) is 2. The van der Waals surface area contributed by atoms with E-state index in [1.807, 2.05) is 12.1 Å².